The van der Waals surface area contributed by atoms with E-state index in [0.29, 0.717) is 12.8 Å². The first-order valence-corrected chi connectivity index (χ1v) is 8.43. The molecule has 8 heteroatoms. The van der Waals surface area contributed by atoms with Crippen LogP contribution in [0.5, 0.6) is 0 Å². The minimum absolute atomic E-state index is 0.106. The van der Waals surface area contributed by atoms with Gasteiger partial charge in [0.15, 0.2) is 0 Å². The lowest BCUT2D eigenvalue weighted by Crippen LogP contribution is -2.00. The highest BCUT2D eigenvalue weighted by Crippen LogP contribution is 2.38. The molecule has 0 aromatic heterocycles. The number of halogens is 6. The molecule has 0 bridgehead atoms. The fraction of sp³-hybridized carbons (Fsp3) is 0.250. The molecule has 2 aromatic rings. The fourth-order valence-corrected chi connectivity index (χ4v) is 3.21. The molecular formula is C16H12F6S2. The Morgan fingerprint density at radius 3 is 1.75 bits per heavy atom. The molecule has 0 nitrogen and oxygen atoms in total. The molecule has 2 rings (SSSR count). The Kier molecular flexibility index (Phi) is 6.14. The molecule has 0 saturated heterocycles. The van der Waals surface area contributed by atoms with E-state index < -0.39 is 11.0 Å². The summed E-state index contributed by atoms with van der Waals surface area (Å²) in [5.41, 5.74) is -7.07. The van der Waals surface area contributed by atoms with Crippen molar-refractivity contribution in [2.75, 3.05) is 0 Å². The second-order valence-electron chi connectivity index (χ2n) is 4.89. The summed E-state index contributed by atoms with van der Waals surface area (Å²) in [7, 11) is 0. The van der Waals surface area contributed by atoms with E-state index in [1.165, 1.54) is 24.3 Å². The lowest BCUT2D eigenvalue weighted by molar-refractivity contribution is -0.0337. The Balaban J connectivity index is 1.95. The van der Waals surface area contributed by atoms with Crippen molar-refractivity contribution in [1.82, 2.24) is 0 Å². The number of aryl methyl sites for hydroxylation is 2. The minimum atomic E-state index is -4.33. The van der Waals surface area contributed by atoms with E-state index in [2.05, 4.69) is 0 Å². The average Bonchev–Trinajstić information content (AvgIpc) is 2.43. The van der Waals surface area contributed by atoms with Crippen molar-refractivity contribution < 1.29 is 26.3 Å². The van der Waals surface area contributed by atoms with Crippen LogP contribution in [-0.4, -0.2) is 11.0 Å². The monoisotopic (exact) mass is 382 g/mol. The number of rotatable bonds is 5. The van der Waals surface area contributed by atoms with Gasteiger partial charge in [0.25, 0.3) is 0 Å². The molecule has 0 amide bonds. The SMILES string of the molecule is FC(F)(F)Sc1ccc(CCc2cccc(SC(F)(F)F)c2)cc1. The Morgan fingerprint density at radius 2 is 1.17 bits per heavy atom. The largest absolute Gasteiger partial charge is 0.446 e. The zero-order valence-electron chi connectivity index (χ0n) is 12.1. The van der Waals surface area contributed by atoms with Gasteiger partial charge in [0.05, 0.1) is 0 Å². The van der Waals surface area contributed by atoms with E-state index in [1.807, 2.05) is 0 Å². The van der Waals surface area contributed by atoms with Crippen molar-refractivity contribution in [1.29, 1.82) is 0 Å². The fourth-order valence-electron chi connectivity index (χ4n) is 2.04. The smallest absolute Gasteiger partial charge is 0.160 e. The standard InChI is InChI=1S/C16H12F6S2/c17-15(18,19)23-13-8-6-11(7-9-13)4-5-12-2-1-3-14(10-12)24-16(20,21)22/h1-3,6-10H,4-5H2. The maximum absolute atomic E-state index is 12.4. The van der Waals surface area contributed by atoms with Gasteiger partial charge in [-0.05, 0) is 71.8 Å². The molecule has 0 spiro atoms. The van der Waals surface area contributed by atoms with Gasteiger partial charge < -0.3 is 0 Å². The van der Waals surface area contributed by atoms with Gasteiger partial charge in [-0.3, -0.25) is 0 Å². The molecule has 130 valence electrons. The molecule has 0 fully saturated rings. The van der Waals surface area contributed by atoms with Gasteiger partial charge in [-0.25, -0.2) is 0 Å². The van der Waals surface area contributed by atoms with Crippen LogP contribution in [0.4, 0.5) is 26.3 Å². The van der Waals surface area contributed by atoms with Gasteiger partial charge >= 0.3 is 11.0 Å². The van der Waals surface area contributed by atoms with Crippen molar-refractivity contribution >= 4 is 23.5 Å². The summed E-state index contributed by atoms with van der Waals surface area (Å²) in [6.07, 6.45) is 1.05. The van der Waals surface area contributed by atoms with E-state index >= 15 is 0 Å². The summed E-state index contributed by atoms with van der Waals surface area (Å²) in [6.45, 7) is 0. The maximum Gasteiger partial charge on any atom is 0.446 e. The predicted molar refractivity (Wildman–Crippen MR) is 84.1 cm³/mol. The van der Waals surface area contributed by atoms with E-state index in [1.54, 1.807) is 24.3 Å². The first-order valence-electron chi connectivity index (χ1n) is 6.80. The van der Waals surface area contributed by atoms with Crippen LogP contribution in [0.3, 0.4) is 0 Å². The van der Waals surface area contributed by atoms with Crippen LogP contribution in [-0.2, 0) is 12.8 Å². The zero-order valence-corrected chi connectivity index (χ0v) is 13.8. The number of alkyl halides is 6. The van der Waals surface area contributed by atoms with E-state index in [0.717, 1.165) is 11.1 Å². The Labute approximate surface area is 143 Å². The summed E-state index contributed by atoms with van der Waals surface area (Å²) in [6, 6.07) is 12.1. The van der Waals surface area contributed by atoms with Crippen LogP contribution in [0.1, 0.15) is 11.1 Å². The molecule has 0 aliphatic rings. The highest BCUT2D eigenvalue weighted by molar-refractivity contribution is 8.00. The average molecular weight is 382 g/mol. The second-order valence-corrected chi connectivity index (χ2v) is 7.16. The molecule has 0 unspecified atom stereocenters. The first kappa shape index (κ1) is 19.1. The third-order valence-electron chi connectivity index (χ3n) is 2.99. The molecule has 24 heavy (non-hydrogen) atoms. The lowest BCUT2D eigenvalue weighted by Gasteiger charge is -2.08. The molecule has 0 heterocycles. The molecule has 0 N–H and O–H groups in total. The molecular weight excluding hydrogens is 370 g/mol. The second kappa shape index (κ2) is 7.74. The van der Waals surface area contributed by atoms with Crippen LogP contribution in [0, 0.1) is 0 Å². The molecule has 0 aliphatic heterocycles. The summed E-state index contributed by atoms with van der Waals surface area (Å²) < 4.78 is 73.8. The van der Waals surface area contributed by atoms with Crippen molar-refractivity contribution in [3.05, 3.63) is 59.7 Å². The predicted octanol–water partition coefficient (Wildman–Crippen LogP) is 6.70. The van der Waals surface area contributed by atoms with E-state index in [-0.39, 0.29) is 33.3 Å². The number of hydrogen-bond acceptors (Lipinski definition) is 2. The number of hydrogen-bond donors (Lipinski definition) is 0. The van der Waals surface area contributed by atoms with E-state index in [4.69, 9.17) is 0 Å². The summed E-state index contributed by atoms with van der Waals surface area (Å²) in [5.74, 6) is 0. The molecule has 0 saturated carbocycles. The normalized spacial score (nSPS) is 12.4. The third-order valence-corrected chi connectivity index (χ3v) is 4.45. The summed E-state index contributed by atoms with van der Waals surface area (Å²) >= 11 is -0.344. The topological polar surface area (TPSA) is 0 Å². The van der Waals surface area contributed by atoms with Gasteiger partial charge in [0.1, 0.15) is 0 Å². The van der Waals surface area contributed by atoms with E-state index in [9.17, 15) is 26.3 Å². The zero-order chi connectivity index (χ0) is 17.8. The van der Waals surface area contributed by atoms with Crippen molar-refractivity contribution in [3.8, 4) is 0 Å². The van der Waals surface area contributed by atoms with Gasteiger partial charge in [-0.15, -0.1) is 0 Å². The Morgan fingerprint density at radius 1 is 0.625 bits per heavy atom. The van der Waals surface area contributed by atoms with Gasteiger partial charge in [-0.2, -0.15) is 26.3 Å². The van der Waals surface area contributed by atoms with Gasteiger partial charge in [0.2, 0.25) is 0 Å². The number of thioether (sulfide) groups is 2. The highest BCUT2D eigenvalue weighted by Gasteiger charge is 2.29. The van der Waals surface area contributed by atoms with Crippen LogP contribution in [0.25, 0.3) is 0 Å². The molecule has 2 aromatic carbocycles. The Bertz CT molecular complexity index is 662. The third kappa shape index (κ3) is 7.09. The highest BCUT2D eigenvalue weighted by atomic mass is 32.2. The quantitative estimate of drug-likeness (QED) is 0.417. The summed E-state index contributed by atoms with van der Waals surface area (Å²) in [5, 5.41) is 0. The van der Waals surface area contributed by atoms with Gasteiger partial charge in [-0.1, -0.05) is 24.3 Å². The van der Waals surface area contributed by atoms with Crippen LogP contribution < -0.4 is 0 Å². The number of benzene rings is 2. The van der Waals surface area contributed by atoms with Crippen molar-refractivity contribution in [2.24, 2.45) is 0 Å². The summed E-state index contributed by atoms with van der Waals surface area (Å²) in [4.78, 5) is 0.228. The van der Waals surface area contributed by atoms with Crippen LogP contribution in [0.15, 0.2) is 58.3 Å². The molecule has 0 aliphatic carbocycles. The minimum Gasteiger partial charge on any atom is -0.160 e. The maximum atomic E-state index is 12.4. The van der Waals surface area contributed by atoms with Crippen molar-refractivity contribution in [2.45, 2.75) is 33.6 Å². The van der Waals surface area contributed by atoms with Crippen LogP contribution >= 0.6 is 23.5 Å². The molecule has 0 atom stereocenters. The molecule has 0 radical (unpaired) electrons. The lowest BCUT2D eigenvalue weighted by atomic mass is 10.0. The Hall–Kier alpha value is -1.28. The van der Waals surface area contributed by atoms with Gasteiger partial charge in [0, 0.05) is 9.79 Å². The first-order chi connectivity index (χ1) is 11.1. The van der Waals surface area contributed by atoms with Crippen LogP contribution in [0.2, 0.25) is 0 Å². The van der Waals surface area contributed by atoms with Crippen molar-refractivity contribution in [3.63, 3.8) is 0 Å².